The van der Waals surface area contributed by atoms with Gasteiger partial charge in [0.15, 0.2) is 0 Å². The number of aryl methyl sites for hydroxylation is 2. The summed E-state index contributed by atoms with van der Waals surface area (Å²) in [5.74, 6) is 0.948. The van der Waals surface area contributed by atoms with Crippen molar-refractivity contribution in [2.75, 3.05) is 6.54 Å². The summed E-state index contributed by atoms with van der Waals surface area (Å²) in [6.45, 7) is 0.723. The third kappa shape index (κ3) is 2.30. The van der Waals surface area contributed by atoms with Crippen LogP contribution in [0.5, 0.6) is 0 Å². The van der Waals surface area contributed by atoms with Crippen molar-refractivity contribution in [1.29, 1.82) is 0 Å². The largest absolute Gasteiger partial charge is 0.330 e. The Kier molecular flexibility index (Phi) is 3.48. The highest BCUT2D eigenvalue weighted by molar-refractivity contribution is 5.81. The molecular formula is C16H18N4. The van der Waals surface area contributed by atoms with Crippen LogP contribution in [0.25, 0.3) is 22.4 Å². The summed E-state index contributed by atoms with van der Waals surface area (Å²) in [5.41, 5.74) is 10.1. The normalized spacial score (nSPS) is 11.1. The van der Waals surface area contributed by atoms with Crippen molar-refractivity contribution in [2.45, 2.75) is 12.8 Å². The molecule has 4 heteroatoms. The molecule has 0 saturated carbocycles. The van der Waals surface area contributed by atoms with E-state index in [1.54, 1.807) is 6.20 Å². The molecule has 2 N–H and O–H groups in total. The number of fused-ring (bicyclic) bond motifs is 1. The minimum Gasteiger partial charge on any atom is -0.330 e. The molecule has 0 spiro atoms. The number of nitrogens with zero attached hydrogens (tertiary/aromatic N) is 3. The molecular weight excluding hydrogens is 248 g/mol. The number of hydrogen-bond donors (Lipinski definition) is 1. The first-order valence-corrected chi connectivity index (χ1v) is 6.85. The summed E-state index contributed by atoms with van der Waals surface area (Å²) in [5, 5.41) is 0. The molecule has 102 valence electrons. The highest BCUT2D eigenvalue weighted by Crippen LogP contribution is 2.24. The average Bonchev–Trinajstić information content (AvgIpc) is 2.83. The Hall–Kier alpha value is -2.20. The summed E-state index contributed by atoms with van der Waals surface area (Å²) in [6.07, 6.45) is 5.63. The van der Waals surface area contributed by atoms with E-state index in [0.29, 0.717) is 0 Å². The molecule has 3 aromatic rings. The zero-order valence-corrected chi connectivity index (χ0v) is 11.6. The van der Waals surface area contributed by atoms with Crippen LogP contribution in [0.3, 0.4) is 0 Å². The zero-order valence-electron chi connectivity index (χ0n) is 11.6. The van der Waals surface area contributed by atoms with Crippen molar-refractivity contribution in [3.8, 4) is 11.4 Å². The van der Waals surface area contributed by atoms with Crippen LogP contribution in [0.4, 0.5) is 0 Å². The molecule has 0 saturated heterocycles. The summed E-state index contributed by atoms with van der Waals surface area (Å²) >= 11 is 0. The van der Waals surface area contributed by atoms with Gasteiger partial charge >= 0.3 is 0 Å². The number of hydrogen-bond acceptors (Lipinski definition) is 3. The van der Waals surface area contributed by atoms with Gasteiger partial charge in [-0.1, -0.05) is 6.07 Å². The van der Waals surface area contributed by atoms with E-state index in [1.165, 1.54) is 5.56 Å². The lowest BCUT2D eigenvalue weighted by atomic mass is 10.1. The summed E-state index contributed by atoms with van der Waals surface area (Å²) in [4.78, 5) is 8.91. The van der Waals surface area contributed by atoms with Gasteiger partial charge in [0.05, 0.1) is 11.0 Å². The molecule has 0 amide bonds. The fourth-order valence-electron chi connectivity index (χ4n) is 2.46. The number of rotatable bonds is 4. The van der Waals surface area contributed by atoms with Gasteiger partial charge in [-0.15, -0.1) is 0 Å². The number of imidazole rings is 1. The van der Waals surface area contributed by atoms with Gasteiger partial charge in [-0.25, -0.2) is 4.98 Å². The molecule has 20 heavy (non-hydrogen) atoms. The van der Waals surface area contributed by atoms with E-state index in [0.717, 1.165) is 41.8 Å². The predicted molar refractivity (Wildman–Crippen MR) is 81.3 cm³/mol. The molecule has 3 rings (SSSR count). The van der Waals surface area contributed by atoms with Crippen molar-refractivity contribution in [2.24, 2.45) is 12.8 Å². The maximum Gasteiger partial charge on any atom is 0.142 e. The van der Waals surface area contributed by atoms with Gasteiger partial charge in [0.2, 0.25) is 0 Å². The van der Waals surface area contributed by atoms with Crippen LogP contribution in [0.2, 0.25) is 0 Å². The van der Waals surface area contributed by atoms with E-state index >= 15 is 0 Å². The minimum atomic E-state index is 0.723. The van der Waals surface area contributed by atoms with E-state index in [2.05, 4.69) is 27.8 Å². The second kappa shape index (κ2) is 5.43. The summed E-state index contributed by atoms with van der Waals surface area (Å²) in [7, 11) is 2.04. The van der Waals surface area contributed by atoms with E-state index in [9.17, 15) is 0 Å². The lowest BCUT2D eigenvalue weighted by molar-refractivity contribution is 0.833. The topological polar surface area (TPSA) is 56.7 Å². The van der Waals surface area contributed by atoms with Gasteiger partial charge in [0, 0.05) is 25.0 Å². The molecule has 0 aliphatic heterocycles. The van der Waals surface area contributed by atoms with E-state index < -0.39 is 0 Å². The van der Waals surface area contributed by atoms with Crippen molar-refractivity contribution in [3.05, 3.63) is 48.3 Å². The Morgan fingerprint density at radius 2 is 2.15 bits per heavy atom. The van der Waals surface area contributed by atoms with Gasteiger partial charge in [0.25, 0.3) is 0 Å². The maximum atomic E-state index is 5.57. The van der Waals surface area contributed by atoms with E-state index in [-0.39, 0.29) is 0 Å². The molecule has 0 aliphatic rings. The maximum absolute atomic E-state index is 5.57. The first kappa shape index (κ1) is 12.8. The van der Waals surface area contributed by atoms with Gasteiger partial charge < -0.3 is 10.3 Å². The molecule has 0 fully saturated rings. The lowest BCUT2D eigenvalue weighted by Gasteiger charge is -2.02. The van der Waals surface area contributed by atoms with Crippen LogP contribution >= 0.6 is 0 Å². The quantitative estimate of drug-likeness (QED) is 0.789. The first-order chi connectivity index (χ1) is 9.79. The lowest BCUT2D eigenvalue weighted by Crippen LogP contribution is -2.00. The average molecular weight is 266 g/mol. The summed E-state index contributed by atoms with van der Waals surface area (Å²) < 4.78 is 2.11. The highest BCUT2D eigenvalue weighted by Gasteiger charge is 2.10. The van der Waals surface area contributed by atoms with Crippen LogP contribution in [-0.2, 0) is 13.5 Å². The Balaban J connectivity index is 2.05. The summed E-state index contributed by atoms with van der Waals surface area (Å²) in [6, 6.07) is 10.4. The van der Waals surface area contributed by atoms with Crippen molar-refractivity contribution >= 4 is 11.0 Å². The molecule has 0 bridgehead atoms. The fourth-order valence-corrected chi connectivity index (χ4v) is 2.46. The SMILES string of the molecule is Cn1c(-c2cccnc2)nc2cc(CCCN)ccc21. The molecule has 0 radical (unpaired) electrons. The van der Waals surface area contributed by atoms with Gasteiger partial charge in [-0.05, 0) is 49.2 Å². The Bertz CT molecular complexity index is 716. The Labute approximate surface area is 118 Å². The molecule has 1 aromatic carbocycles. The zero-order chi connectivity index (χ0) is 13.9. The van der Waals surface area contributed by atoms with Crippen molar-refractivity contribution < 1.29 is 0 Å². The fraction of sp³-hybridized carbons (Fsp3) is 0.250. The second-order valence-corrected chi connectivity index (χ2v) is 4.95. The van der Waals surface area contributed by atoms with E-state index in [1.807, 2.05) is 25.4 Å². The van der Waals surface area contributed by atoms with Crippen LogP contribution in [-0.4, -0.2) is 21.1 Å². The van der Waals surface area contributed by atoms with E-state index in [4.69, 9.17) is 10.7 Å². The van der Waals surface area contributed by atoms with Gasteiger partial charge in [0.1, 0.15) is 5.82 Å². The standard InChI is InChI=1S/C16H18N4/c1-20-15-7-6-12(4-2-8-17)10-14(15)19-16(20)13-5-3-9-18-11-13/h3,5-7,9-11H,2,4,8,17H2,1H3. The minimum absolute atomic E-state index is 0.723. The number of nitrogens with two attached hydrogens (primary N) is 1. The molecule has 2 aromatic heterocycles. The van der Waals surface area contributed by atoms with Gasteiger partial charge in [-0.2, -0.15) is 0 Å². The monoisotopic (exact) mass is 266 g/mol. The first-order valence-electron chi connectivity index (χ1n) is 6.85. The Morgan fingerprint density at radius 1 is 1.25 bits per heavy atom. The molecule has 0 aliphatic carbocycles. The molecule has 4 nitrogen and oxygen atoms in total. The number of benzene rings is 1. The molecule has 0 unspecified atom stereocenters. The van der Waals surface area contributed by atoms with Crippen LogP contribution in [0, 0.1) is 0 Å². The molecule has 2 heterocycles. The van der Waals surface area contributed by atoms with Crippen LogP contribution < -0.4 is 5.73 Å². The Morgan fingerprint density at radius 3 is 2.90 bits per heavy atom. The van der Waals surface area contributed by atoms with Crippen LogP contribution in [0.15, 0.2) is 42.7 Å². The van der Waals surface area contributed by atoms with Crippen LogP contribution in [0.1, 0.15) is 12.0 Å². The third-order valence-electron chi connectivity index (χ3n) is 3.53. The number of aromatic nitrogens is 3. The van der Waals surface area contributed by atoms with Gasteiger partial charge in [-0.3, -0.25) is 4.98 Å². The smallest absolute Gasteiger partial charge is 0.142 e. The van der Waals surface area contributed by atoms with Crippen molar-refractivity contribution in [1.82, 2.24) is 14.5 Å². The van der Waals surface area contributed by atoms with Crippen molar-refractivity contribution in [3.63, 3.8) is 0 Å². The third-order valence-corrected chi connectivity index (χ3v) is 3.53. The second-order valence-electron chi connectivity index (χ2n) is 4.95. The predicted octanol–water partition coefficient (Wildman–Crippen LogP) is 2.53. The molecule has 0 atom stereocenters. The highest BCUT2D eigenvalue weighted by atomic mass is 15.1. The number of pyridine rings is 1.